The maximum absolute atomic E-state index is 12.3. The summed E-state index contributed by atoms with van der Waals surface area (Å²) in [6.07, 6.45) is 1.13. The zero-order valence-corrected chi connectivity index (χ0v) is 12.7. The lowest BCUT2D eigenvalue weighted by Crippen LogP contribution is -2.40. The maximum atomic E-state index is 12.3. The van der Waals surface area contributed by atoms with Gasteiger partial charge in [-0.1, -0.05) is 6.07 Å². The predicted molar refractivity (Wildman–Crippen MR) is 82.7 cm³/mol. The lowest BCUT2D eigenvalue weighted by atomic mass is 10.1. The second kappa shape index (κ2) is 5.87. The lowest BCUT2D eigenvalue weighted by Gasteiger charge is -2.10. The minimum atomic E-state index is -0.746. The summed E-state index contributed by atoms with van der Waals surface area (Å²) in [6, 6.07) is 4.24. The number of carbonyl (C=O) groups excluding carboxylic acids is 1. The number of nitro groups is 1. The lowest BCUT2D eigenvalue weighted by molar-refractivity contribution is -0.385. The highest BCUT2D eigenvalue weighted by atomic mass is 16.6. The van der Waals surface area contributed by atoms with Gasteiger partial charge in [0.2, 0.25) is 0 Å². The van der Waals surface area contributed by atoms with Crippen molar-refractivity contribution in [2.24, 2.45) is 14.1 Å². The number of aromatic nitrogens is 2. The van der Waals surface area contributed by atoms with Crippen LogP contribution in [0.4, 0.5) is 11.4 Å². The highest BCUT2D eigenvalue weighted by Crippen LogP contribution is 2.25. The van der Waals surface area contributed by atoms with Crippen LogP contribution in [0.15, 0.2) is 34.0 Å². The summed E-state index contributed by atoms with van der Waals surface area (Å²) in [5, 5.41) is 13.4. The van der Waals surface area contributed by atoms with E-state index >= 15 is 0 Å². The number of hydrogen-bond acceptors (Lipinski definition) is 5. The molecule has 0 spiro atoms. The molecule has 1 N–H and O–H groups in total. The fourth-order valence-corrected chi connectivity index (χ4v) is 2.11. The SMILES string of the molecule is Cc1c(NC(=O)c2cn(C)c(=O)n(C)c2=O)cccc1[N+](=O)[O-]. The number of anilines is 1. The summed E-state index contributed by atoms with van der Waals surface area (Å²) in [5.74, 6) is -0.746. The number of nitrogens with one attached hydrogen (secondary N) is 1. The molecular formula is C14H14N4O5. The van der Waals surface area contributed by atoms with Crippen LogP contribution in [-0.2, 0) is 14.1 Å². The molecule has 1 amide bonds. The first-order valence-corrected chi connectivity index (χ1v) is 6.56. The molecule has 23 heavy (non-hydrogen) atoms. The van der Waals surface area contributed by atoms with E-state index in [1.807, 2.05) is 0 Å². The van der Waals surface area contributed by atoms with Crippen molar-refractivity contribution in [2.75, 3.05) is 5.32 Å². The largest absolute Gasteiger partial charge is 0.330 e. The molecule has 0 unspecified atom stereocenters. The Morgan fingerprint density at radius 1 is 1.26 bits per heavy atom. The first kappa shape index (κ1) is 16.1. The number of nitro benzene ring substituents is 1. The van der Waals surface area contributed by atoms with Crippen molar-refractivity contribution in [3.8, 4) is 0 Å². The van der Waals surface area contributed by atoms with Gasteiger partial charge in [-0.3, -0.25) is 24.3 Å². The van der Waals surface area contributed by atoms with Crippen molar-refractivity contribution in [1.82, 2.24) is 9.13 Å². The Labute approximate surface area is 129 Å². The first-order valence-electron chi connectivity index (χ1n) is 6.56. The van der Waals surface area contributed by atoms with Gasteiger partial charge in [-0.15, -0.1) is 0 Å². The Morgan fingerprint density at radius 3 is 2.52 bits per heavy atom. The molecule has 0 saturated heterocycles. The second-order valence-electron chi connectivity index (χ2n) is 4.96. The van der Waals surface area contributed by atoms with Crippen LogP contribution in [-0.4, -0.2) is 20.0 Å². The molecule has 120 valence electrons. The Hall–Kier alpha value is -3.23. The zero-order chi connectivity index (χ0) is 17.3. The maximum Gasteiger partial charge on any atom is 0.330 e. The molecule has 0 atom stereocenters. The minimum absolute atomic E-state index is 0.142. The topological polar surface area (TPSA) is 116 Å². The number of benzene rings is 1. The summed E-state index contributed by atoms with van der Waals surface area (Å²) >= 11 is 0. The van der Waals surface area contributed by atoms with Gasteiger partial charge in [0.25, 0.3) is 17.2 Å². The van der Waals surface area contributed by atoms with E-state index < -0.39 is 22.1 Å². The number of hydrogen-bond donors (Lipinski definition) is 1. The van der Waals surface area contributed by atoms with Crippen LogP contribution >= 0.6 is 0 Å². The molecule has 0 aliphatic rings. The van der Waals surface area contributed by atoms with Gasteiger partial charge in [0.05, 0.1) is 16.2 Å². The standard InChI is InChI=1S/C14H14N4O5/c1-8-10(5-4-6-11(8)18(22)23)15-12(19)9-7-16(2)14(21)17(3)13(9)20/h4-7H,1-3H3,(H,15,19). The molecule has 9 nitrogen and oxygen atoms in total. The van der Waals surface area contributed by atoms with Crippen LogP contribution in [0.3, 0.4) is 0 Å². The number of aryl methyl sites for hydroxylation is 1. The Bertz CT molecular complexity index is 926. The number of rotatable bonds is 3. The molecule has 0 fully saturated rings. The van der Waals surface area contributed by atoms with Gasteiger partial charge in [-0.2, -0.15) is 0 Å². The highest BCUT2D eigenvalue weighted by molar-refractivity contribution is 6.04. The van der Waals surface area contributed by atoms with Gasteiger partial charge < -0.3 is 9.88 Å². The van der Waals surface area contributed by atoms with E-state index in [0.717, 1.165) is 15.3 Å². The molecule has 0 bridgehead atoms. The monoisotopic (exact) mass is 318 g/mol. The van der Waals surface area contributed by atoms with Crippen LogP contribution in [0.1, 0.15) is 15.9 Å². The van der Waals surface area contributed by atoms with Gasteiger partial charge in [0.15, 0.2) is 0 Å². The fraction of sp³-hybridized carbons (Fsp3) is 0.214. The summed E-state index contributed by atoms with van der Waals surface area (Å²) in [6.45, 7) is 1.49. The fourth-order valence-electron chi connectivity index (χ4n) is 2.11. The van der Waals surface area contributed by atoms with Crippen LogP contribution in [0.2, 0.25) is 0 Å². The summed E-state index contributed by atoms with van der Waals surface area (Å²) in [7, 11) is 2.68. The molecule has 0 aliphatic carbocycles. The summed E-state index contributed by atoms with van der Waals surface area (Å²) in [4.78, 5) is 46.3. The van der Waals surface area contributed by atoms with E-state index in [9.17, 15) is 24.5 Å². The number of carbonyl (C=O) groups is 1. The molecule has 2 aromatic rings. The zero-order valence-electron chi connectivity index (χ0n) is 12.7. The van der Waals surface area contributed by atoms with Gasteiger partial charge >= 0.3 is 5.69 Å². The van der Waals surface area contributed by atoms with E-state index in [4.69, 9.17) is 0 Å². The van der Waals surface area contributed by atoms with Crippen molar-refractivity contribution < 1.29 is 9.72 Å². The molecule has 1 heterocycles. The molecular weight excluding hydrogens is 304 g/mol. The summed E-state index contributed by atoms with van der Waals surface area (Å²) in [5.41, 5.74) is -1.18. The van der Waals surface area contributed by atoms with E-state index in [1.165, 1.54) is 39.2 Å². The molecule has 1 aromatic carbocycles. The van der Waals surface area contributed by atoms with Crippen molar-refractivity contribution in [3.05, 3.63) is 66.5 Å². The van der Waals surface area contributed by atoms with Gasteiger partial charge in [0.1, 0.15) is 5.56 Å². The minimum Gasteiger partial charge on any atom is -0.321 e. The first-order chi connectivity index (χ1) is 10.7. The number of amides is 1. The van der Waals surface area contributed by atoms with Crippen molar-refractivity contribution in [2.45, 2.75) is 6.92 Å². The van der Waals surface area contributed by atoms with E-state index in [1.54, 1.807) is 0 Å². The van der Waals surface area contributed by atoms with Crippen molar-refractivity contribution in [1.29, 1.82) is 0 Å². The highest BCUT2D eigenvalue weighted by Gasteiger charge is 2.18. The third kappa shape index (κ3) is 2.89. The molecule has 1 aromatic heterocycles. The van der Waals surface area contributed by atoms with Crippen LogP contribution < -0.4 is 16.6 Å². The third-order valence-corrected chi connectivity index (χ3v) is 3.44. The van der Waals surface area contributed by atoms with Crippen molar-refractivity contribution >= 4 is 17.3 Å². The van der Waals surface area contributed by atoms with Crippen molar-refractivity contribution in [3.63, 3.8) is 0 Å². The molecule has 0 saturated carbocycles. The molecule has 0 radical (unpaired) electrons. The third-order valence-electron chi connectivity index (χ3n) is 3.44. The van der Waals surface area contributed by atoms with Gasteiger partial charge in [0, 0.05) is 26.4 Å². The van der Waals surface area contributed by atoms with Crippen LogP contribution in [0.5, 0.6) is 0 Å². The predicted octanol–water partition coefficient (Wildman–Crippen LogP) is 0.553. The summed E-state index contributed by atoms with van der Waals surface area (Å²) < 4.78 is 1.92. The van der Waals surface area contributed by atoms with E-state index in [0.29, 0.717) is 0 Å². The quantitative estimate of drug-likeness (QED) is 0.655. The normalized spacial score (nSPS) is 10.4. The molecule has 0 aliphatic heterocycles. The second-order valence-corrected chi connectivity index (χ2v) is 4.96. The Balaban J connectivity index is 2.46. The Kier molecular flexibility index (Phi) is 4.12. The van der Waals surface area contributed by atoms with E-state index in [-0.39, 0.29) is 22.5 Å². The van der Waals surface area contributed by atoms with Gasteiger partial charge in [-0.25, -0.2) is 4.79 Å². The van der Waals surface area contributed by atoms with Crippen LogP contribution in [0.25, 0.3) is 0 Å². The van der Waals surface area contributed by atoms with Crippen LogP contribution in [0, 0.1) is 17.0 Å². The van der Waals surface area contributed by atoms with Gasteiger partial charge in [-0.05, 0) is 13.0 Å². The number of nitrogens with zero attached hydrogens (tertiary/aromatic N) is 3. The average molecular weight is 318 g/mol. The average Bonchev–Trinajstić information content (AvgIpc) is 2.50. The smallest absolute Gasteiger partial charge is 0.321 e. The molecule has 9 heteroatoms. The molecule has 2 rings (SSSR count). The Morgan fingerprint density at radius 2 is 1.91 bits per heavy atom. The van der Waals surface area contributed by atoms with E-state index in [2.05, 4.69) is 5.32 Å².